The van der Waals surface area contributed by atoms with Gasteiger partial charge in [-0.2, -0.15) is 0 Å². The SMILES string of the molecule is CCCOCCOC(c1ccccc1OC)C(C)N. The van der Waals surface area contributed by atoms with Crippen molar-refractivity contribution in [3.63, 3.8) is 0 Å². The molecule has 0 spiro atoms. The summed E-state index contributed by atoms with van der Waals surface area (Å²) in [5, 5.41) is 0. The molecule has 0 bridgehead atoms. The van der Waals surface area contributed by atoms with Gasteiger partial charge in [0, 0.05) is 18.2 Å². The number of rotatable bonds is 9. The highest BCUT2D eigenvalue weighted by Crippen LogP contribution is 2.29. The zero-order valence-corrected chi connectivity index (χ0v) is 12.1. The van der Waals surface area contributed by atoms with Crippen molar-refractivity contribution in [1.29, 1.82) is 0 Å². The van der Waals surface area contributed by atoms with Crippen LogP contribution in [0.15, 0.2) is 24.3 Å². The first-order chi connectivity index (χ1) is 9.20. The van der Waals surface area contributed by atoms with Crippen LogP contribution in [0.25, 0.3) is 0 Å². The molecule has 0 heterocycles. The van der Waals surface area contributed by atoms with Gasteiger partial charge in [0.25, 0.3) is 0 Å². The summed E-state index contributed by atoms with van der Waals surface area (Å²) in [4.78, 5) is 0. The number of nitrogens with two attached hydrogens (primary N) is 1. The molecule has 108 valence electrons. The lowest BCUT2D eigenvalue weighted by Crippen LogP contribution is -2.28. The fourth-order valence-corrected chi connectivity index (χ4v) is 1.91. The largest absolute Gasteiger partial charge is 0.496 e. The lowest BCUT2D eigenvalue weighted by atomic mass is 10.0. The summed E-state index contributed by atoms with van der Waals surface area (Å²) in [6, 6.07) is 7.69. The Morgan fingerprint density at radius 1 is 1.16 bits per heavy atom. The Bertz CT molecular complexity index is 355. The third kappa shape index (κ3) is 5.19. The van der Waals surface area contributed by atoms with Gasteiger partial charge in [-0.15, -0.1) is 0 Å². The fourth-order valence-electron chi connectivity index (χ4n) is 1.91. The Morgan fingerprint density at radius 3 is 2.53 bits per heavy atom. The second-order valence-electron chi connectivity index (χ2n) is 4.50. The van der Waals surface area contributed by atoms with E-state index in [-0.39, 0.29) is 12.1 Å². The average molecular weight is 267 g/mol. The van der Waals surface area contributed by atoms with Gasteiger partial charge >= 0.3 is 0 Å². The van der Waals surface area contributed by atoms with Crippen molar-refractivity contribution in [2.75, 3.05) is 26.9 Å². The van der Waals surface area contributed by atoms with Gasteiger partial charge in [0.15, 0.2) is 0 Å². The van der Waals surface area contributed by atoms with Crippen molar-refractivity contribution >= 4 is 0 Å². The van der Waals surface area contributed by atoms with Crippen LogP contribution in [0.3, 0.4) is 0 Å². The van der Waals surface area contributed by atoms with Crippen molar-refractivity contribution in [1.82, 2.24) is 0 Å². The molecule has 0 amide bonds. The molecule has 1 rings (SSSR count). The average Bonchev–Trinajstić information content (AvgIpc) is 2.42. The first-order valence-corrected chi connectivity index (χ1v) is 6.78. The van der Waals surface area contributed by atoms with Crippen molar-refractivity contribution in [3.8, 4) is 5.75 Å². The van der Waals surface area contributed by atoms with Crippen LogP contribution in [0.2, 0.25) is 0 Å². The van der Waals surface area contributed by atoms with E-state index in [0.29, 0.717) is 13.2 Å². The maximum atomic E-state index is 6.01. The molecule has 0 fully saturated rings. The molecule has 0 aliphatic rings. The summed E-state index contributed by atoms with van der Waals surface area (Å²) in [5.41, 5.74) is 6.99. The number of hydrogen-bond acceptors (Lipinski definition) is 4. The lowest BCUT2D eigenvalue weighted by Gasteiger charge is -2.23. The summed E-state index contributed by atoms with van der Waals surface area (Å²) in [6.45, 7) is 5.90. The van der Waals surface area contributed by atoms with Gasteiger partial charge in [-0.25, -0.2) is 0 Å². The third-order valence-corrected chi connectivity index (χ3v) is 2.80. The molecule has 4 heteroatoms. The monoisotopic (exact) mass is 267 g/mol. The van der Waals surface area contributed by atoms with Crippen LogP contribution in [-0.2, 0) is 9.47 Å². The fraction of sp³-hybridized carbons (Fsp3) is 0.600. The smallest absolute Gasteiger partial charge is 0.124 e. The Balaban J connectivity index is 2.61. The topological polar surface area (TPSA) is 53.7 Å². The molecule has 0 aliphatic heterocycles. The molecule has 19 heavy (non-hydrogen) atoms. The van der Waals surface area contributed by atoms with Gasteiger partial charge in [-0.3, -0.25) is 0 Å². The van der Waals surface area contributed by atoms with Crippen LogP contribution in [-0.4, -0.2) is 33.0 Å². The van der Waals surface area contributed by atoms with E-state index in [9.17, 15) is 0 Å². The number of ether oxygens (including phenoxy) is 3. The predicted octanol–water partition coefficient (Wildman–Crippen LogP) is 2.53. The van der Waals surface area contributed by atoms with Gasteiger partial charge in [0.2, 0.25) is 0 Å². The minimum absolute atomic E-state index is 0.109. The Labute approximate surface area is 115 Å². The zero-order valence-electron chi connectivity index (χ0n) is 12.1. The summed E-state index contributed by atoms with van der Waals surface area (Å²) in [7, 11) is 1.65. The first-order valence-electron chi connectivity index (χ1n) is 6.78. The van der Waals surface area contributed by atoms with Crippen LogP contribution >= 0.6 is 0 Å². The molecule has 0 saturated heterocycles. The maximum Gasteiger partial charge on any atom is 0.124 e. The van der Waals surface area contributed by atoms with Gasteiger partial charge in [-0.05, 0) is 19.4 Å². The molecule has 0 saturated carbocycles. The summed E-state index contributed by atoms with van der Waals surface area (Å²) >= 11 is 0. The van der Waals surface area contributed by atoms with E-state index < -0.39 is 0 Å². The summed E-state index contributed by atoms with van der Waals surface area (Å²) in [5.74, 6) is 0.805. The summed E-state index contributed by atoms with van der Waals surface area (Å²) < 4.78 is 16.6. The molecule has 2 unspecified atom stereocenters. The maximum absolute atomic E-state index is 6.01. The van der Waals surface area contributed by atoms with E-state index >= 15 is 0 Å². The van der Waals surface area contributed by atoms with Crippen LogP contribution in [0.5, 0.6) is 5.75 Å². The molecule has 1 aromatic rings. The molecule has 4 nitrogen and oxygen atoms in total. The second kappa shape index (κ2) is 8.91. The minimum atomic E-state index is -0.179. The molecular weight excluding hydrogens is 242 g/mol. The van der Waals surface area contributed by atoms with E-state index in [2.05, 4.69) is 6.92 Å². The normalized spacial score (nSPS) is 14.1. The van der Waals surface area contributed by atoms with E-state index in [0.717, 1.165) is 24.3 Å². The highest BCUT2D eigenvalue weighted by molar-refractivity contribution is 5.35. The zero-order chi connectivity index (χ0) is 14.1. The van der Waals surface area contributed by atoms with Crippen LogP contribution in [0, 0.1) is 0 Å². The lowest BCUT2D eigenvalue weighted by molar-refractivity contribution is -0.00560. The number of methoxy groups -OCH3 is 1. The van der Waals surface area contributed by atoms with Crippen molar-refractivity contribution in [2.45, 2.75) is 32.4 Å². The quantitative estimate of drug-likeness (QED) is 0.699. The van der Waals surface area contributed by atoms with Crippen molar-refractivity contribution < 1.29 is 14.2 Å². The van der Waals surface area contributed by atoms with E-state index in [4.69, 9.17) is 19.9 Å². The second-order valence-corrected chi connectivity index (χ2v) is 4.50. The standard InChI is InChI=1S/C15H25NO3/c1-4-9-18-10-11-19-15(12(2)16)13-7-5-6-8-14(13)17-3/h5-8,12,15H,4,9-11,16H2,1-3H3. The van der Waals surface area contributed by atoms with Gasteiger partial charge in [0.05, 0.1) is 20.3 Å². The van der Waals surface area contributed by atoms with Gasteiger partial charge < -0.3 is 19.9 Å². The molecule has 0 aliphatic carbocycles. The Morgan fingerprint density at radius 2 is 1.89 bits per heavy atom. The van der Waals surface area contributed by atoms with Crippen molar-refractivity contribution in [2.24, 2.45) is 5.73 Å². The minimum Gasteiger partial charge on any atom is -0.496 e. The first kappa shape index (κ1) is 16.0. The Kier molecular flexibility index (Phi) is 7.48. The van der Waals surface area contributed by atoms with Crippen molar-refractivity contribution in [3.05, 3.63) is 29.8 Å². The molecule has 2 N–H and O–H groups in total. The Hall–Kier alpha value is -1.10. The van der Waals surface area contributed by atoms with E-state index in [1.807, 2.05) is 31.2 Å². The van der Waals surface area contributed by atoms with E-state index in [1.54, 1.807) is 7.11 Å². The van der Waals surface area contributed by atoms with Crippen LogP contribution in [0.1, 0.15) is 31.9 Å². The van der Waals surface area contributed by atoms with Crippen LogP contribution in [0.4, 0.5) is 0 Å². The highest BCUT2D eigenvalue weighted by atomic mass is 16.5. The molecule has 2 atom stereocenters. The summed E-state index contributed by atoms with van der Waals surface area (Å²) in [6.07, 6.45) is 0.838. The van der Waals surface area contributed by atoms with Crippen LogP contribution < -0.4 is 10.5 Å². The third-order valence-electron chi connectivity index (χ3n) is 2.80. The number of benzene rings is 1. The number of hydrogen-bond donors (Lipinski definition) is 1. The number of para-hydroxylation sites is 1. The predicted molar refractivity (Wildman–Crippen MR) is 76.4 cm³/mol. The molecule has 0 aromatic heterocycles. The molecule has 1 aromatic carbocycles. The molecular formula is C15H25NO3. The highest BCUT2D eigenvalue weighted by Gasteiger charge is 2.20. The van der Waals surface area contributed by atoms with E-state index in [1.165, 1.54) is 0 Å². The van der Waals surface area contributed by atoms with Gasteiger partial charge in [-0.1, -0.05) is 25.1 Å². The molecule has 0 radical (unpaired) electrons. The van der Waals surface area contributed by atoms with Gasteiger partial charge in [0.1, 0.15) is 11.9 Å².